The van der Waals surface area contributed by atoms with E-state index in [2.05, 4.69) is 45.4 Å². The van der Waals surface area contributed by atoms with E-state index in [4.69, 9.17) is 12.2 Å². The zero-order chi connectivity index (χ0) is 11.3. The predicted octanol–water partition coefficient (Wildman–Crippen LogP) is 2.79. The van der Waals surface area contributed by atoms with E-state index in [1.54, 1.807) is 6.20 Å². The van der Waals surface area contributed by atoms with Crippen molar-refractivity contribution in [3.8, 4) is 0 Å². The third-order valence-corrected chi connectivity index (χ3v) is 2.36. The molecule has 5 heteroatoms. The van der Waals surface area contributed by atoms with Crippen molar-refractivity contribution in [2.45, 2.75) is 13.8 Å². The Balaban J connectivity index is 2.41. The second-order valence-corrected chi connectivity index (χ2v) is 4.91. The number of pyridine rings is 1. The quantitative estimate of drug-likeness (QED) is 0.839. The lowest BCUT2D eigenvalue weighted by atomic mass is 10.2. The molecule has 0 aromatic carbocycles. The van der Waals surface area contributed by atoms with E-state index in [9.17, 15) is 0 Å². The summed E-state index contributed by atoms with van der Waals surface area (Å²) < 4.78 is 0.953. The van der Waals surface area contributed by atoms with Gasteiger partial charge >= 0.3 is 0 Å². The van der Waals surface area contributed by atoms with E-state index in [1.165, 1.54) is 0 Å². The molecule has 0 bridgehead atoms. The first-order chi connectivity index (χ1) is 7.08. The van der Waals surface area contributed by atoms with Crippen molar-refractivity contribution in [3.05, 3.63) is 22.8 Å². The van der Waals surface area contributed by atoms with Gasteiger partial charge in [0.15, 0.2) is 5.11 Å². The summed E-state index contributed by atoms with van der Waals surface area (Å²) in [5.41, 5.74) is 0. The molecule has 0 aliphatic heterocycles. The molecule has 0 radical (unpaired) electrons. The number of halogens is 1. The van der Waals surface area contributed by atoms with E-state index in [-0.39, 0.29) is 0 Å². The zero-order valence-corrected chi connectivity index (χ0v) is 11.2. The minimum atomic E-state index is 0.572. The molecule has 1 rings (SSSR count). The lowest BCUT2D eigenvalue weighted by Gasteiger charge is -2.11. The van der Waals surface area contributed by atoms with Crippen LogP contribution in [0, 0.1) is 5.92 Å². The highest BCUT2D eigenvalue weighted by atomic mass is 79.9. The number of hydrogen-bond acceptors (Lipinski definition) is 2. The van der Waals surface area contributed by atoms with Gasteiger partial charge < -0.3 is 10.6 Å². The van der Waals surface area contributed by atoms with Gasteiger partial charge in [-0.15, -0.1) is 0 Å². The molecule has 0 unspecified atom stereocenters. The molecule has 0 fully saturated rings. The molecule has 0 saturated heterocycles. The number of thiocarbonyl (C=S) groups is 1. The van der Waals surface area contributed by atoms with Gasteiger partial charge in [-0.3, -0.25) is 0 Å². The molecule has 0 spiro atoms. The number of nitrogens with zero attached hydrogens (tertiary/aromatic N) is 1. The van der Waals surface area contributed by atoms with Crippen molar-refractivity contribution >= 4 is 39.1 Å². The van der Waals surface area contributed by atoms with E-state index in [0.717, 1.165) is 16.8 Å². The Hall–Kier alpha value is -0.680. The van der Waals surface area contributed by atoms with Crippen LogP contribution in [0.4, 0.5) is 5.82 Å². The highest BCUT2D eigenvalue weighted by molar-refractivity contribution is 9.10. The van der Waals surface area contributed by atoms with Crippen LogP contribution in [0.1, 0.15) is 13.8 Å². The number of rotatable bonds is 3. The smallest absolute Gasteiger partial charge is 0.171 e. The molecule has 1 aromatic heterocycles. The van der Waals surface area contributed by atoms with E-state index < -0.39 is 0 Å². The second-order valence-electron chi connectivity index (χ2n) is 3.59. The van der Waals surface area contributed by atoms with Crippen LogP contribution in [0.15, 0.2) is 22.8 Å². The first-order valence-corrected chi connectivity index (χ1v) is 5.94. The van der Waals surface area contributed by atoms with Gasteiger partial charge in [0.05, 0.1) is 0 Å². The van der Waals surface area contributed by atoms with Crippen LogP contribution in [-0.2, 0) is 0 Å². The summed E-state index contributed by atoms with van der Waals surface area (Å²) in [4.78, 5) is 4.16. The van der Waals surface area contributed by atoms with Crippen molar-refractivity contribution in [2.24, 2.45) is 5.92 Å². The Labute approximate surface area is 104 Å². The zero-order valence-electron chi connectivity index (χ0n) is 8.75. The normalized spacial score (nSPS) is 10.1. The van der Waals surface area contributed by atoms with Crippen LogP contribution in [0.5, 0.6) is 0 Å². The maximum Gasteiger partial charge on any atom is 0.171 e. The topological polar surface area (TPSA) is 37.0 Å². The van der Waals surface area contributed by atoms with Crippen molar-refractivity contribution in [2.75, 3.05) is 11.9 Å². The van der Waals surface area contributed by atoms with Crippen LogP contribution in [0.2, 0.25) is 0 Å². The molecule has 82 valence electrons. The summed E-state index contributed by atoms with van der Waals surface area (Å²) in [5.74, 6) is 1.32. The van der Waals surface area contributed by atoms with Crippen LogP contribution < -0.4 is 10.6 Å². The van der Waals surface area contributed by atoms with Crippen molar-refractivity contribution < 1.29 is 0 Å². The Morgan fingerprint density at radius 1 is 1.53 bits per heavy atom. The number of aromatic nitrogens is 1. The molecule has 0 atom stereocenters. The first kappa shape index (κ1) is 12.4. The van der Waals surface area contributed by atoms with Gasteiger partial charge in [0.2, 0.25) is 0 Å². The first-order valence-electron chi connectivity index (χ1n) is 4.74. The molecule has 0 amide bonds. The van der Waals surface area contributed by atoms with Gasteiger partial charge in [-0.25, -0.2) is 4.98 Å². The van der Waals surface area contributed by atoms with Crippen LogP contribution in [0.3, 0.4) is 0 Å². The fourth-order valence-electron chi connectivity index (χ4n) is 0.907. The fourth-order valence-corrected chi connectivity index (χ4v) is 1.33. The maximum absolute atomic E-state index is 5.11. The van der Waals surface area contributed by atoms with Gasteiger partial charge in [-0.2, -0.15) is 0 Å². The van der Waals surface area contributed by atoms with Crippen molar-refractivity contribution in [1.29, 1.82) is 0 Å². The summed E-state index contributed by atoms with van der Waals surface area (Å²) in [5, 5.41) is 6.74. The number of nitrogens with one attached hydrogen (secondary N) is 2. The van der Waals surface area contributed by atoms with Gasteiger partial charge in [-0.05, 0) is 46.2 Å². The molecule has 1 aromatic rings. The molecule has 2 N–H and O–H groups in total. The molecular weight excluding hydrogens is 274 g/mol. The molecule has 0 aliphatic carbocycles. The molecule has 0 saturated carbocycles. The Kier molecular flexibility index (Phi) is 4.98. The van der Waals surface area contributed by atoms with E-state index >= 15 is 0 Å². The Morgan fingerprint density at radius 2 is 2.27 bits per heavy atom. The fraction of sp³-hybridized carbons (Fsp3) is 0.400. The largest absolute Gasteiger partial charge is 0.362 e. The molecule has 3 nitrogen and oxygen atoms in total. The molecule has 1 heterocycles. The standard InChI is InChI=1S/C10H14BrN3S/c1-7(2)5-13-10(15)14-9-4-3-8(11)6-12-9/h3-4,6-7H,5H2,1-2H3,(H2,12,13,14,15). The highest BCUT2D eigenvalue weighted by Gasteiger charge is 1.99. The summed E-state index contributed by atoms with van der Waals surface area (Å²) >= 11 is 8.44. The lowest BCUT2D eigenvalue weighted by Crippen LogP contribution is -2.31. The minimum absolute atomic E-state index is 0.572. The van der Waals surface area contributed by atoms with E-state index in [0.29, 0.717) is 11.0 Å². The van der Waals surface area contributed by atoms with E-state index in [1.807, 2.05) is 12.1 Å². The number of anilines is 1. The Bertz CT molecular complexity index is 324. The predicted molar refractivity (Wildman–Crippen MR) is 71.0 cm³/mol. The van der Waals surface area contributed by atoms with Crippen molar-refractivity contribution in [1.82, 2.24) is 10.3 Å². The van der Waals surface area contributed by atoms with Gasteiger partial charge in [0, 0.05) is 17.2 Å². The summed E-state index contributed by atoms with van der Waals surface area (Å²) in [6.45, 7) is 5.13. The van der Waals surface area contributed by atoms with Crippen LogP contribution in [0.25, 0.3) is 0 Å². The summed E-state index contributed by atoms with van der Waals surface area (Å²) in [7, 11) is 0. The average molecular weight is 288 g/mol. The lowest BCUT2D eigenvalue weighted by molar-refractivity contribution is 0.627. The third kappa shape index (κ3) is 5.09. The maximum atomic E-state index is 5.11. The highest BCUT2D eigenvalue weighted by Crippen LogP contribution is 2.10. The molecular formula is C10H14BrN3S. The van der Waals surface area contributed by atoms with Gasteiger partial charge in [0.25, 0.3) is 0 Å². The van der Waals surface area contributed by atoms with Crippen molar-refractivity contribution in [3.63, 3.8) is 0 Å². The minimum Gasteiger partial charge on any atom is -0.362 e. The Morgan fingerprint density at radius 3 is 2.80 bits per heavy atom. The third-order valence-electron chi connectivity index (χ3n) is 1.64. The van der Waals surface area contributed by atoms with Crippen LogP contribution >= 0.6 is 28.1 Å². The second kappa shape index (κ2) is 6.02. The van der Waals surface area contributed by atoms with Gasteiger partial charge in [-0.1, -0.05) is 13.8 Å². The number of hydrogen-bond donors (Lipinski definition) is 2. The molecule has 15 heavy (non-hydrogen) atoms. The monoisotopic (exact) mass is 287 g/mol. The van der Waals surface area contributed by atoms with Crippen LogP contribution in [-0.4, -0.2) is 16.6 Å². The van der Waals surface area contributed by atoms with Gasteiger partial charge in [0.1, 0.15) is 5.82 Å². The summed E-state index contributed by atoms with van der Waals surface area (Å²) in [6, 6.07) is 3.79. The summed E-state index contributed by atoms with van der Waals surface area (Å²) in [6.07, 6.45) is 1.73. The average Bonchev–Trinajstić information content (AvgIpc) is 2.19. The SMILES string of the molecule is CC(C)CNC(=S)Nc1ccc(Br)cn1. The molecule has 0 aliphatic rings.